The second-order valence-electron chi connectivity index (χ2n) is 5.55. The summed E-state index contributed by atoms with van der Waals surface area (Å²) in [7, 11) is 0. The van der Waals surface area contributed by atoms with Crippen LogP contribution in [0.5, 0.6) is 0 Å². The first-order valence-electron chi connectivity index (χ1n) is 5.24. The van der Waals surface area contributed by atoms with Crippen molar-refractivity contribution in [1.82, 2.24) is 4.90 Å². The quantitative estimate of drug-likeness (QED) is 0.572. The molecule has 2 saturated heterocycles. The Morgan fingerprint density at radius 3 is 2.38 bits per heavy atom. The summed E-state index contributed by atoms with van der Waals surface area (Å²) in [4.78, 5) is 24.1. The van der Waals surface area contributed by atoms with Gasteiger partial charge in [0.2, 0.25) is 0 Å². The molecular weight excluding hydrogens is 432 g/mol. The third-order valence-corrected chi connectivity index (χ3v) is 3.01. The number of hydrogen-bond donors (Lipinski definition) is 0. The Labute approximate surface area is 119 Å². The molecule has 0 aromatic heterocycles. The molecule has 0 unspecified atom stereocenters. The van der Waals surface area contributed by atoms with Gasteiger partial charge >= 0.3 is 6.09 Å². The van der Waals surface area contributed by atoms with E-state index in [9.17, 15) is 9.59 Å². The molecule has 0 radical (unpaired) electrons. The number of nitrogens with zero attached hydrogens (tertiary/aromatic N) is 1. The number of ether oxygens (including phenoxy) is 1. The van der Waals surface area contributed by atoms with Crippen LogP contribution in [0.25, 0.3) is 0 Å². The van der Waals surface area contributed by atoms with Gasteiger partial charge in [-0.3, -0.25) is 6.29 Å². The van der Waals surface area contributed by atoms with Gasteiger partial charge in [-0.05, 0) is 33.6 Å². The summed E-state index contributed by atoms with van der Waals surface area (Å²) in [6, 6.07) is 0.196. The van der Waals surface area contributed by atoms with E-state index >= 15 is 0 Å². The van der Waals surface area contributed by atoms with Gasteiger partial charge in [0.25, 0.3) is 0 Å². The Balaban J connectivity index is 0.00000128. The van der Waals surface area contributed by atoms with Gasteiger partial charge in [0.1, 0.15) is 5.60 Å². The average molecular weight is 448 g/mol. The van der Waals surface area contributed by atoms with Crippen LogP contribution in [0.15, 0.2) is 0 Å². The van der Waals surface area contributed by atoms with Gasteiger partial charge in [0.05, 0.1) is 0 Å². The first-order valence-corrected chi connectivity index (χ1v) is 5.24. The molecule has 3 rings (SSSR count). The van der Waals surface area contributed by atoms with Crippen molar-refractivity contribution in [3.63, 3.8) is 0 Å². The van der Waals surface area contributed by atoms with Crippen LogP contribution in [-0.4, -0.2) is 35.5 Å². The molecular formula is C11H16NO3U-. The zero-order chi connectivity index (χ0) is 11.3. The van der Waals surface area contributed by atoms with Crippen LogP contribution in [0.4, 0.5) is 4.79 Å². The van der Waals surface area contributed by atoms with E-state index in [2.05, 4.69) is 6.29 Å². The summed E-state index contributed by atoms with van der Waals surface area (Å²) in [5.74, 6) is 0. The second-order valence-corrected chi connectivity index (χ2v) is 5.55. The maximum atomic E-state index is 11.7. The zero-order valence-corrected chi connectivity index (χ0v) is 14.0. The van der Waals surface area contributed by atoms with E-state index in [0.717, 1.165) is 12.8 Å². The topological polar surface area (TPSA) is 46.6 Å². The fourth-order valence-corrected chi connectivity index (χ4v) is 2.30. The number of rotatable bonds is 1. The summed E-state index contributed by atoms with van der Waals surface area (Å²) in [5.41, 5.74) is -0.844. The minimum atomic E-state index is -0.470. The van der Waals surface area contributed by atoms with Crippen LogP contribution in [-0.2, 0) is 9.53 Å². The van der Waals surface area contributed by atoms with E-state index < -0.39 is 5.60 Å². The molecule has 0 spiro atoms. The molecule has 0 atom stereocenters. The summed E-state index contributed by atoms with van der Waals surface area (Å²) in [6.07, 6.45) is 3.27. The molecule has 2 bridgehead atoms. The van der Waals surface area contributed by atoms with Crippen LogP contribution in [0, 0.1) is 36.5 Å². The number of carbonyl (C=O) groups is 1. The Kier molecular flexibility index (Phi) is 3.82. The van der Waals surface area contributed by atoms with Crippen molar-refractivity contribution in [3.05, 3.63) is 0 Å². The molecule has 0 N–H and O–H groups in total. The number of amides is 1. The minimum Gasteiger partial charge on any atom is -0.541 e. The summed E-state index contributed by atoms with van der Waals surface area (Å²) in [6.45, 7) is 6.00. The molecule has 1 aliphatic carbocycles. The summed E-state index contributed by atoms with van der Waals surface area (Å²) >= 11 is 0. The van der Waals surface area contributed by atoms with E-state index in [-0.39, 0.29) is 48.7 Å². The zero-order valence-electron chi connectivity index (χ0n) is 9.87. The van der Waals surface area contributed by atoms with Crippen LogP contribution < -0.4 is 0 Å². The molecule has 4 nitrogen and oxygen atoms in total. The fraction of sp³-hybridized carbons (Fsp3) is 0.818. The smallest absolute Gasteiger partial charge is 0.410 e. The molecule has 0 aromatic carbocycles. The Morgan fingerprint density at radius 1 is 1.44 bits per heavy atom. The predicted octanol–water partition coefficient (Wildman–Crippen LogP) is 1.50. The monoisotopic (exact) mass is 448 g/mol. The molecule has 3 fully saturated rings. The van der Waals surface area contributed by atoms with Crippen LogP contribution in [0.1, 0.15) is 33.6 Å². The van der Waals surface area contributed by atoms with Crippen LogP contribution in [0.2, 0.25) is 0 Å². The van der Waals surface area contributed by atoms with Gasteiger partial charge in [0, 0.05) is 43.7 Å². The minimum absolute atomic E-state index is 0. The van der Waals surface area contributed by atoms with Crippen molar-refractivity contribution >= 4 is 12.4 Å². The van der Waals surface area contributed by atoms with E-state index in [1.807, 2.05) is 20.8 Å². The number of hydrogen-bond acceptors (Lipinski definition) is 3. The Hall–Kier alpha value is -0.00805. The summed E-state index contributed by atoms with van der Waals surface area (Å²) in [5, 5.41) is 0. The van der Waals surface area contributed by atoms with Gasteiger partial charge in [0.15, 0.2) is 0 Å². The third-order valence-electron chi connectivity index (χ3n) is 3.01. The normalized spacial score (nSPS) is 31.4. The Morgan fingerprint density at radius 2 is 2.00 bits per heavy atom. The van der Waals surface area contributed by atoms with Gasteiger partial charge in [-0.15, -0.1) is 5.41 Å². The number of fused-ring (bicyclic) bond motifs is 1. The molecule has 88 valence electrons. The van der Waals surface area contributed by atoms with E-state index in [4.69, 9.17) is 4.74 Å². The summed E-state index contributed by atoms with van der Waals surface area (Å²) < 4.78 is 5.27. The molecule has 2 aliphatic heterocycles. The van der Waals surface area contributed by atoms with Gasteiger partial charge in [-0.25, -0.2) is 4.79 Å². The molecule has 1 saturated carbocycles. The predicted molar refractivity (Wildman–Crippen MR) is 54.1 cm³/mol. The number of carbonyl (C=O) groups excluding carboxylic acids is 2. The van der Waals surface area contributed by atoms with Gasteiger partial charge in [-0.1, -0.05) is 0 Å². The molecule has 5 heteroatoms. The molecule has 3 aliphatic rings. The molecule has 1 amide bonds. The average Bonchev–Trinajstić information content (AvgIpc) is 2.53. The van der Waals surface area contributed by atoms with Gasteiger partial charge in [-0.2, -0.15) is 0 Å². The fourth-order valence-electron chi connectivity index (χ4n) is 2.30. The van der Waals surface area contributed by atoms with E-state index in [1.165, 1.54) is 0 Å². The van der Waals surface area contributed by atoms with Crippen molar-refractivity contribution in [2.75, 3.05) is 6.54 Å². The first-order chi connectivity index (χ1) is 6.85. The van der Waals surface area contributed by atoms with Crippen LogP contribution in [0.3, 0.4) is 0 Å². The SMILES string of the molecule is CC(C)(C)OC(=O)N1CC2([C-]=O)CC1C2.[U]. The van der Waals surface area contributed by atoms with E-state index in [1.54, 1.807) is 4.90 Å². The first kappa shape index (κ1) is 14.1. The van der Waals surface area contributed by atoms with Crippen molar-refractivity contribution in [1.29, 1.82) is 0 Å². The molecule has 16 heavy (non-hydrogen) atoms. The van der Waals surface area contributed by atoms with Gasteiger partial charge < -0.3 is 14.4 Å². The maximum absolute atomic E-state index is 11.7. The van der Waals surface area contributed by atoms with Crippen molar-refractivity contribution < 1.29 is 45.4 Å². The molecule has 2 heterocycles. The largest absolute Gasteiger partial charge is 0.541 e. The molecule has 0 aromatic rings. The Bertz CT molecular complexity index is 305. The van der Waals surface area contributed by atoms with E-state index in [0.29, 0.717) is 6.54 Å². The third kappa shape index (κ3) is 2.46. The standard InChI is InChI=1S/C11H16NO3.U/c1-10(2,3)15-9(14)12-6-11(7-13)4-8(12)5-11;/h8H,4-6H2,1-3H3;/q-1;. The van der Waals surface area contributed by atoms with Crippen LogP contribution >= 0.6 is 0 Å². The van der Waals surface area contributed by atoms with Crippen molar-refractivity contribution in [2.24, 2.45) is 5.41 Å². The second kappa shape index (κ2) is 4.34. The maximum Gasteiger partial charge on any atom is 0.410 e. The van der Waals surface area contributed by atoms with Crippen molar-refractivity contribution in [2.45, 2.75) is 45.3 Å². The van der Waals surface area contributed by atoms with Crippen molar-refractivity contribution in [3.8, 4) is 0 Å².